The van der Waals surface area contributed by atoms with E-state index in [2.05, 4.69) is 12.0 Å². The second kappa shape index (κ2) is 9.34. The van der Waals surface area contributed by atoms with Gasteiger partial charge in [-0.2, -0.15) is 11.8 Å². The molecule has 4 heteroatoms. The van der Waals surface area contributed by atoms with Crippen molar-refractivity contribution in [2.75, 3.05) is 12.0 Å². The van der Waals surface area contributed by atoms with Crippen LogP contribution in [0.25, 0.3) is 0 Å². The van der Waals surface area contributed by atoms with Crippen molar-refractivity contribution in [2.24, 2.45) is 0 Å². The summed E-state index contributed by atoms with van der Waals surface area (Å²) in [7, 11) is 0. The smallest absolute Gasteiger partial charge is 0.124 e. The molecule has 0 rings (SSSR count). The average Bonchev–Trinajstić information content (AvgIpc) is 2.16. The van der Waals surface area contributed by atoms with Gasteiger partial charge < -0.3 is 15.6 Å². The molecule has 0 aliphatic heterocycles. The fraction of sp³-hybridized carbons (Fsp3) is 0.900. The summed E-state index contributed by atoms with van der Waals surface area (Å²) in [6.07, 6.45) is 8.59. The van der Waals surface area contributed by atoms with E-state index in [9.17, 15) is 9.90 Å². The van der Waals surface area contributed by atoms with Gasteiger partial charge in [0.2, 0.25) is 0 Å². The third kappa shape index (κ3) is 8.38. The van der Waals surface area contributed by atoms with Crippen molar-refractivity contribution >= 4 is 17.7 Å². The van der Waals surface area contributed by atoms with E-state index in [0.717, 1.165) is 12.8 Å². The number of unbranched alkanes of at least 4 members (excludes halogenated alkanes) is 4. The minimum atomic E-state index is -1.02. The van der Waals surface area contributed by atoms with Gasteiger partial charge in [0.15, 0.2) is 0 Å². The number of hydrogen-bond acceptors (Lipinski definition) is 3. The van der Waals surface area contributed by atoms with E-state index in [0.29, 0.717) is 6.42 Å². The normalized spacial score (nSPS) is 12.7. The predicted molar refractivity (Wildman–Crippen MR) is 57.8 cm³/mol. The Morgan fingerprint density at radius 2 is 1.86 bits per heavy atom. The van der Waals surface area contributed by atoms with Crippen LogP contribution in [0.1, 0.15) is 38.5 Å². The highest BCUT2D eigenvalue weighted by Crippen LogP contribution is 2.08. The Kier molecular flexibility index (Phi) is 9.19. The Balaban J connectivity index is 3.09. The van der Waals surface area contributed by atoms with Crippen LogP contribution >= 0.6 is 11.8 Å². The molecule has 0 amide bonds. The molecule has 14 heavy (non-hydrogen) atoms. The van der Waals surface area contributed by atoms with Crippen LogP contribution in [0.15, 0.2) is 0 Å². The second-order valence-corrected chi connectivity index (χ2v) is 4.55. The maximum absolute atomic E-state index is 10.3. The summed E-state index contributed by atoms with van der Waals surface area (Å²) >= 11 is 1.88. The van der Waals surface area contributed by atoms with Crippen molar-refractivity contribution in [3.05, 3.63) is 0 Å². The molecular formula is C10H21NO2S. The molecule has 0 aromatic rings. The molecule has 0 aromatic carbocycles. The second-order valence-electron chi connectivity index (χ2n) is 3.57. The SMILES string of the molecule is CSCCCCCCC[C@H]([NH3+])C(=O)[O-]. The van der Waals surface area contributed by atoms with Gasteiger partial charge in [-0.15, -0.1) is 0 Å². The lowest BCUT2D eigenvalue weighted by Gasteiger charge is -2.08. The van der Waals surface area contributed by atoms with Gasteiger partial charge in [-0.1, -0.05) is 19.3 Å². The minimum Gasteiger partial charge on any atom is -0.544 e. The topological polar surface area (TPSA) is 67.8 Å². The van der Waals surface area contributed by atoms with Crippen molar-refractivity contribution in [1.82, 2.24) is 0 Å². The van der Waals surface area contributed by atoms with Crippen molar-refractivity contribution in [3.8, 4) is 0 Å². The summed E-state index contributed by atoms with van der Waals surface area (Å²) in [5.41, 5.74) is 3.52. The van der Waals surface area contributed by atoms with Crippen molar-refractivity contribution in [3.63, 3.8) is 0 Å². The summed E-state index contributed by atoms with van der Waals surface area (Å²) in [6, 6.07) is -0.527. The number of quaternary nitrogens is 1. The molecule has 0 bridgehead atoms. The van der Waals surface area contributed by atoms with Gasteiger partial charge in [-0.3, -0.25) is 0 Å². The molecule has 0 spiro atoms. The van der Waals surface area contributed by atoms with E-state index in [1.165, 1.54) is 25.0 Å². The molecule has 84 valence electrons. The molecule has 0 heterocycles. The third-order valence-corrected chi connectivity index (χ3v) is 2.93. The molecule has 0 aliphatic carbocycles. The number of carboxylic acid groups (broad SMARTS) is 1. The summed E-state index contributed by atoms with van der Waals surface area (Å²) < 4.78 is 0. The number of aliphatic carboxylic acids is 1. The molecule has 0 saturated heterocycles. The Bertz CT molecular complexity index is 153. The van der Waals surface area contributed by atoms with Crippen LogP contribution < -0.4 is 10.8 Å². The monoisotopic (exact) mass is 219 g/mol. The van der Waals surface area contributed by atoms with Crippen molar-refractivity contribution < 1.29 is 15.6 Å². The fourth-order valence-electron chi connectivity index (χ4n) is 1.29. The summed E-state index contributed by atoms with van der Waals surface area (Å²) in [6.45, 7) is 0. The van der Waals surface area contributed by atoms with Gasteiger partial charge in [-0.25, -0.2) is 0 Å². The van der Waals surface area contributed by atoms with E-state index in [1.54, 1.807) is 0 Å². The van der Waals surface area contributed by atoms with Crippen LogP contribution in [-0.4, -0.2) is 24.0 Å². The van der Waals surface area contributed by atoms with Gasteiger partial charge >= 0.3 is 0 Å². The summed E-state index contributed by atoms with van der Waals surface area (Å²) in [4.78, 5) is 10.3. The highest BCUT2D eigenvalue weighted by Gasteiger charge is 2.05. The molecule has 0 fully saturated rings. The molecule has 0 radical (unpaired) electrons. The largest absolute Gasteiger partial charge is 0.544 e. The van der Waals surface area contributed by atoms with Crippen molar-refractivity contribution in [1.29, 1.82) is 0 Å². The van der Waals surface area contributed by atoms with E-state index >= 15 is 0 Å². The number of carboxylic acids is 1. The fourth-order valence-corrected chi connectivity index (χ4v) is 1.78. The zero-order valence-electron chi connectivity index (χ0n) is 8.96. The van der Waals surface area contributed by atoms with Crippen LogP contribution in [0.3, 0.4) is 0 Å². The maximum atomic E-state index is 10.3. The Hall–Kier alpha value is -0.220. The quantitative estimate of drug-likeness (QED) is 0.557. The van der Waals surface area contributed by atoms with Crippen LogP contribution in [0, 0.1) is 0 Å². The molecule has 0 saturated carbocycles. The highest BCUT2D eigenvalue weighted by atomic mass is 32.2. The van der Waals surface area contributed by atoms with Crippen LogP contribution in [0.5, 0.6) is 0 Å². The molecule has 0 unspecified atom stereocenters. The highest BCUT2D eigenvalue weighted by molar-refractivity contribution is 7.98. The zero-order chi connectivity index (χ0) is 10.8. The molecule has 1 atom stereocenters. The number of carbonyl (C=O) groups excluding carboxylic acids is 1. The zero-order valence-corrected chi connectivity index (χ0v) is 9.78. The lowest BCUT2D eigenvalue weighted by Crippen LogP contribution is -2.68. The molecular weight excluding hydrogens is 198 g/mol. The van der Waals surface area contributed by atoms with E-state index in [-0.39, 0.29) is 0 Å². The number of rotatable bonds is 9. The van der Waals surface area contributed by atoms with Crippen LogP contribution in [-0.2, 0) is 4.79 Å². The Labute approximate surface area is 90.4 Å². The van der Waals surface area contributed by atoms with Crippen LogP contribution in [0.2, 0.25) is 0 Å². The summed E-state index contributed by atoms with van der Waals surface area (Å²) in [5.74, 6) is 0.212. The van der Waals surface area contributed by atoms with Gasteiger partial charge in [0.1, 0.15) is 6.04 Å². The maximum Gasteiger partial charge on any atom is 0.124 e. The van der Waals surface area contributed by atoms with Gasteiger partial charge in [0.05, 0.1) is 5.97 Å². The molecule has 0 aliphatic rings. The first kappa shape index (κ1) is 13.8. The number of thioether (sulfide) groups is 1. The lowest BCUT2D eigenvalue weighted by molar-refractivity contribution is -0.438. The van der Waals surface area contributed by atoms with E-state index in [4.69, 9.17) is 0 Å². The van der Waals surface area contributed by atoms with Gasteiger partial charge in [0.25, 0.3) is 0 Å². The predicted octanol–water partition coefficient (Wildman–Crippen LogP) is 0.0504. The minimum absolute atomic E-state index is 0.527. The van der Waals surface area contributed by atoms with Crippen LogP contribution in [0.4, 0.5) is 0 Å². The Morgan fingerprint density at radius 1 is 1.29 bits per heavy atom. The molecule has 0 aromatic heterocycles. The Morgan fingerprint density at radius 3 is 2.43 bits per heavy atom. The van der Waals surface area contributed by atoms with Crippen molar-refractivity contribution in [2.45, 2.75) is 44.6 Å². The first-order chi connectivity index (χ1) is 6.68. The first-order valence-electron chi connectivity index (χ1n) is 5.21. The third-order valence-electron chi connectivity index (χ3n) is 2.23. The standard InChI is InChI=1S/C10H21NO2S/c1-14-8-6-4-2-3-5-7-9(11)10(12)13/h9H,2-8,11H2,1H3,(H,12,13)/t9-/m0/s1. The van der Waals surface area contributed by atoms with E-state index < -0.39 is 12.0 Å². The lowest BCUT2D eigenvalue weighted by atomic mass is 10.1. The van der Waals surface area contributed by atoms with E-state index in [1.807, 2.05) is 11.8 Å². The number of hydrogen-bond donors (Lipinski definition) is 1. The number of carbonyl (C=O) groups is 1. The van der Waals surface area contributed by atoms with Gasteiger partial charge in [0, 0.05) is 6.42 Å². The molecule has 3 N–H and O–H groups in total. The molecule has 3 nitrogen and oxygen atoms in total. The first-order valence-corrected chi connectivity index (χ1v) is 6.60. The summed E-state index contributed by atoms with van der Waals surface area (Å²) in [5, 5.41) is 10.3. The average molecular weight is 219 g/mol. The van der Waals surface area contributed by atoms with Gasteiger partial charge in [-0.05, 0) is 24.9 Å².